The maximum atomic E-state index is 5.93. The number of anilines is 2. The molecule has 0 saturated heterocycles. The van der Waals surface area contributed by atoms with Crippen molar-refractivity contribution in [2.24, 2.45) is 5.92 Å². The maximum absolute atomic E-state index is 5.93. The molecule has 0 aliphatic heterocycles. The van der Waals surface area contributed by atoms with Gasteiger partial charge in [-0.1, -0.05) is 13.8 Å². The van der Waals surface area contributed by atoms with Crippen LogP contribution in [0.4, 0.5) is 10.8 Å². The van der Waals surface area contributed by atoms with Crippen LogP contribution in [0.5, 0.6) is 5.75 Å². The van der Waals surface area contributed by atoms with Crippen LogP contribution in [-0.2, 0) is 0 Å². The quantitative estimate of drug-likeness (QED) is 0.862. The first kappa shape index (κ1) is 13.5. The van der Waals surface area contributed by atoms with Gasteiger partial charge in [-0.3, -0.25) is 0 Å². The Hall–Kier alpha value is -0.970. The Morgan fingerprint density at radius 3 is 2.56 bits per heavy atom. The fourth-order valence-electron chi connectivity index (χ4n) is 1.99. The van der Waals surface area contributed by atoms with Gasteiger partial charge in [-0.2, -0.15) is 4.37 Å². The van der Waals surface area contributed by atoms with Crippen molar-refractivity contribution < 1.29 is 4.74 Å². The van der Waals surface area contributed by atoms with Crippen molar-refractivity contribution in [2.45, 2.75) is 52.7 Å². The van der Waals surface area contributed by atoms with E-state index in [-0.39, 0.29) is 6.10 Å². The molecule has 0 aromatic carbocycles. The van der Waals surface area contributed by atoms with Crippen LogP contribution >= 0.6 is 11.5 Å². The summed E-state index contributed by atoms with van der Waals surface area (Å²) in [4.78, 5) is 2.43. The van der Waals surface area contributed by atoms with Crippen molar-refractivity contribution in [3.8, 4) is 5.75 Å². The number of ether oxygens (including phenoxy) is 1. The van der Waals surface area contributed by atoms with Crippen LogP contribution in [0.3, 0.4) is 0 Å². The number of hydrogen-bond donors (Lipinski definition) is 1. The molecule has 1 aromatic rings. The van der Waals surface area contributed by atoms with Gasteiger partial charge >= 0.3 is 0 Å². The standard InChI is InChI=1S/C13H23N3OS/c1-8(2)7-16(10-5-6-10)13-11(17-9(3)4)12(14)15-18-13/h8-10H,5-7H2,1-4H3,(H2,14,15). The van der Waals surface area contributed by atoms with Gasteiger partial charge in [-0.25, -0.2) is 0 Å². The van der Waals surface area contributed by atoms with E-state index < -0.39 is 0 Å². The second-order valence-corrected chi connectivity index (χ2v) is 6.40. The molecule has 1 saturated carbocycles. The summed E-state index contributed by atoms with van der Waals surface area (Å²) in [6.07, 6.45) is 2.67. The molecule has 0 spiro atoms. The van der Waals surface area contributed by atoms with Crippen LogP contribution in [-0.4, -0.2) is 23.1 Å². The summed E-state index contributed by atoms with van der Waals surface area (Å²) in [6, 6.07) is 0.654. The smallest absolute Gasteiger partial charge is 0.198 e. The van der Waals surface area contributed by atoms with Gasteiger partial charge < -0.3 is 15.4 Å². The normalized spacial score (nSPS) is 15.4. The first-order valence-corrected chi connectivity index (χ1v) is 7.44. The highest BCUT2D eigenvalue weighted by molar-refractivity contribution is 7.11. The molecule has 1 heterocycles. The van der Waals surface area contributed by atoms with Crippen molar-refractivity contribution in [1.82, 2.24) is 4.37 Å². The number of rotatable bonds is 6. The number of nitrogens with two attached hydrogens (primary N) is 1. The number of aromatic nitrogens is 1. The Morgan fingerprint density at radius 2 is 2.06 bits per heavy atom. The SMILES string of the molecule is CC(C)CN(c1snc(N)c1OC(C)C)C1CC1. The molecule has 5 heteroatoms. The van der Waals surface area contributed by atoms with E-state index in [1.807, 2.05) is 13.8 Å². The average Bonchev–Trinajstić information content (AvgIpc) is 3.03. The zero-order valence-corrected chi connectivity index (χ0v) is 12.5. The highest BCUT2D eigenvalue weighted by Gasteiger charge is 2.33. The number of nitrogens with zero attached hydrogens (tertiary/aromatic N) is 2. The molecule has 0 bridgehead atoms. The molecule has 0 amide bonds. The maximum Gasteiger partial charge on any atom is 0.198 e. The first-order valence-electron chi connectivity index (χ1n) is 6.67. The van der Waals surface area contributed by atoms with Crippen LogP contribution < -0.4 is 15.4 Å². The minimum Gasteiger partial charge on any atom is -0.484 e. The molecule has 4 nitrogen and oxygen atoms in total. The van der Waals surface area contributed by atoms with E-state index >= 15 is 0 Å². The summed E-state index contributed by atoms with van der Waals surface area (Å²) in [6.45, 7) is 9.56. The third kappa shape index (κ3) is 3.07. The summed E-state index contributed by atoms with van der Waals surface area (Å²) in [5.41, 5.74) is 5.93. The van der Waals surface area contributed by atoms with Gasteiger partial charge in [0.2, 0.25) is 0 Å². The molecule has 1 fully saturated rings. The lowest BCUT2D eigenvalue weighted by atomic mass is 10.2. The highest BCUT2D eigenvalue weighted by Crippen LogP contribution is 2.43. The minimum atomic E-state index is 0.127. The van der Waals surface area contributed by atoms with Gasteiger partial charge in [0.05, 0.1) is 6.10 Å². The van der Waals surface area contributed by atoms with E-state index in [0.29, 0.717) is 17.8 Å². The van der Waals surface area contributed by atoms with Crippen LogP contribution in [0.25, 0.3) is 0 Å². The van der Waals surface area contributed by atoms with Gasteiger partial charge in [-0.15, -0.1) is 0 Å². The lowest BCUT2D eigenvalue weighted by molar-refractivity contribution is 0.244. The largest absolute Gasteiger partial charge is 0.484 e. The molecule has 2 rings (SSSR count). The van der Waals surface area contributed by atoms with Crippen molar-refractivity contribution in [3.63, 3.8) is 0 Å². The van der Waals surface area contributed by atoms with E-state index in [9.17, 15) is 0 Å². The Labute approximate surface area is 113 Å². The third-order valence-corrected chi connectivity index (χ3v) is 3.70. The molecule has 102 valence electrons. The Bertz CT molecular complexity index is 399. The highest BCUT2D eigenvalue weighted by atomic mass is 32.1. The lowest BCUT2D eigenvalue weighted by Gasteiger charge is -2.26. The van der Waals surface area contributed by atoms with Gasteiger partial charge in [-0.05, 0) is 44.1 Å². The van der Waals surface area contributed by atoms with Gasteiger partial charge in [0.25, 0.3) is 0 Å². The summed E-state index contributed by atoms with van der Waals surface area (Å²) in [5.74, 6) is 1.93. The Balaban J connectivity index is 2.23. The molecule has 1 aliphatic carbocycles. The zero-order chi connectivity index (χ0) is 13.3. The Morgan fingerprint density at radius 1 is 1.39 bits per heavy atom. The summed E-state index contributed by atoms with van der Waals surface area (Å²) >= 11 is 1.46. The molecule has 1 aromatic heterocycles. The molecular formula is C13H23N3OS. The lowest BCUT2D eigenvalue weighted by Crippen LogP contribution is -2.29. The summed E-state index contributed by atoms with van der Waals surface area (Å²) < 4.78 is 10.1. The fraction of sp³-hybridized carbons (Fsp3) is 0.769. The van der Waals surface area contributed by atoms with Gasteiger partial charge in [0.15, 0.2) is 16.6 Å². The third-order valence-electron chi connectivity index (χ3n) is 2.82. The van der Waals surface area contributed by atoms with Crippen molar-refractivity contribution in [2.75, 3.05) is 17.2 Å². The van der Waals surface area contributed by atoms with Crippen molar-refractivity contribution in [1.29, 1.82) is 0 Å². The zero-order valence-electron chi connectivity index (χ0n) is 11.6. The predicted octanol–water partition coefficient (Wildman–Crippen LogP) is 3.14. The number of hydrogen-bond acceptors (Lipinski definition) is 5. The second-order valence-electron chi connectivity index (χ2n) is 5.65. The first-order chi connectivity index (χ1) is 8.49. The van der Waals surface area contributed by atoms with Gasteiger partial charge in [0.1, 0.15) is 0 Å². The molecule has 1 aliphatic rings. The monoisotopic (exact) mass is 269 g/mol. The number of nitrogen functional groups attached to an aromatic ring is 1. The van der Waals surface area contributed by atoms with E-state index in [2.05, 4.69) is 23.1 Å². The van der Waals surface area contributed by atoms with Crippen LogP contribution in [0.1, 0.15) is 40.5 Å². The second kappa shape index (κ2) is 5.34. The molecule has 18 heavy (non-hydrogen) atoms. The summed E-state index contributed by atoms with van der Waals surface area (Å²) in [5, 5.41) is 1.11. The molecule has 0 unspecified atom stereocenters. The van der Waals surface area contributed by atoms with Crippen molar-refractivity contribution >= 4 is 22.4 Å². The van der Waals surface area contributed by atoms with Crippen molar-refractivity contribution in [3.05, 3.63) is 0 Å². The van der Waals surface area contributed by atoms with Crippen LogP contribution in [0, 0.1) is 5.92 Å². The van der Waals surface area contributed by atoms with E-state index in [1.54, 1.807) is 0 Å². The van der Waals surface area contributed by atoms with Crippen LogP contribution in [0.15, 0.2) is 0 Å². The molecular weight excluding hydrogens is 246 g/mol. The topological polar surface area (TPSA) is 51.4 Å². The van der Waals surface area contributed by atoms with E-state index in [1.165, 1.54) is 24.4 Å². The minimum absolute atomic E-state index is 0.127. The fourth-order valence-corrected chi connectivity index (χ4v) is 2.82. The van der Waals surface area contributed by atoms with Crippen LogP contribution in [0.2, 0.25) is 0 Å². The molecule has 0 radical (unpaired) electrons. The Kier molecular flexibility index (Phi) is 4.00. The predicted molar refractivity (Wildman–Crippen MR) is 77.5 cm³/mol. The summed E-state index contributed by atoms with van der Waals surface area (Å²) in [7, 11) is 0. The van der Waals surface area contributed by atoms with E-state index in [0.717, 1.165) is 17.3 Å². The average molecular weight is 269 g/mol. The van der Waals surface area contributed by atoms with E-state index in [4.69, 9.17) is 10.5 Å². The van der Waals surface area contributed by atoms with Gasteiger partial charge in [0, 0.05) is 12.6 Å². The molecule has 2 N–H and O–H groups in total. The molecule has 0 atom stereocenters.